The maximum absolute atomic E-state index is 11.6. The van der Waals surface area contributed by atoms with Gasteiger partial charge in [0.15, 0.2) is 0 Å². The molecule has 0 unspecified atom stereocenters. The molecule has 0 aromatic heterocycles. The van der Waals surface area contributed by atoms with E-state index >= 15 is 0 Å². The van der Waals surface area contributed by atoms with Gasteiger partial charge in [-0.3, -0.25) is 4.79 Å². The number of nitrogens with two attached hydrogens (primary N) is 1. The second-order valence-corrected chi connectivity index (χ2v) is 7.09. The highest BCUT2D eigenvalue weighted by Crippen LogP contribution is 2.40. The van der Waals surface area contributed by atoms with Crippen molar-refractivity contribution in [1.29, 1.82) is 0 Å². The van der Waals surface area contributed by atoms with Crippen LogP contribution in [0.3, 0.4) is 0 Å². The first-order valence-electron chi connectivity index (χ1n) is 6.08. The number of carbonyl (C=O) groups is 1. The summed E-state index contributed by atoms with van der Waals surface area (Å²) in [5, 5.41) is 5.16. The lowest BCUT2D eigenvalue weighted by atomic mass is 9.77. The van der Waals surface area contributed by atoms with Crippen molar-refractivity contribution in [2.24, 2.45) is 5.14 Å². The van der Waals surface area contributed by atoms with Crippen LogP contribution in [0.15, 0.2) is 23.1 Å². The molecule has 1 aliphatic rings. The first-order chi connectivity index (χ1) is 8.63. The van der Waals surface area contributed by atoms with Crippen LogP contribution in [-0.2, 0) is 20.2 Å². The van der Waals surface area contributed by atoms with Crippen LogP contribution in [0.25, 0.3) is 0 Å². The third-order valence-corrected chi connectivity index (χ3v) is 4.57. The Morgan fingerprint density at radius 1 is 1.37 bits per heavy atom. The highest BCUT2D eigenvalue weighted by molar-refractivity contribution is 7.89. The van der Waals surface area contributed by atoms with Crippen molar-refractivity contribution < 1.29 is 13.2 Å². The third-order valence-electron chi connectivity index (χ3n) is 3.66. The molecule has 1 aromatic carbocycles. The van der Waals surface area contributed by atoms with Crippen LogP contribution in [0.4, 0.5) is 5.69 Å². The van der Waals surface area contributed by atoms with Gasteiger partial charge in [-0.25, -0.2) is 13.6 Å². The largest absolute Gasteiger partial charge is 0.312 e. The number of fused-ring (bicyclic) bond motifs is 1. The Bertz CT molecular complexity index is 635. The summed E-state index contributed by atoms with van der Waals surface area (Å²) in [6.07, 6.45) is 0.785. The molecule has 0 atom stereocenters. The molecule has 1 amide bonds. The Kier molecular flexibility index (Phi) is 3.18. The number of carbonyl (C=O) groups excluding carboxylic acids is 1. The number of sulfonamides is 1. The van der Waals surface area contributed by atoms with Gasteiger partial charge >= 0.3 is 0 Å². The van der Waals surface area contributed by atoms with Crippen molar-refractivity contribution in [2.45, 2.75) is 37.5 Å². The third kappa shape index (κ3) is 2.50. The second-order valence-electron chi connectivity index (χ2n) is 5.53. The summed E-state index contributed by atoms with van der Waals surface area (Å²) in [6.45, 7) is 6.23. The summed E-state index contributed by atoms with van der Waals surface area (Å²) in [4.78, 5) is 13.4. The summed E-state index contributed by atoms with van der Waals surface area (Å²) in [7, 11) is -3.73. The molecule has 0 saturated carbocycles. The van der Waals surface area contributed by atoms with E-state index in [0.29, 0.717) is 6.54 Å². The van der Waals surface area contributed by atoms with Crippen LogP contribution in [0, 0.1) is 0 Å². The van der Waals surface area contributed by atoms with Gasteiger partial charge < -0.3 is 4.90 Å². The van der Waals surface area contributed by atoms with Gasteiger partial charge in [0.05, 0.1) is 4.90 Å². The SMILES string of the molecule is CC(=O)N1CCC(C)(C)c2cc(S(N)(=O)=O)ccc21. The zero-order valence-corrected chi connectivity index (χ0v) is 12.1. The molecular formula is C13H18N2O3S. The molecule has 0 bridgehead atoms. The molecule has 0 aliphatic carbocycles. The fourth-order valence-electron chi connectivity index (χ4n) is 2.44. The van der Waals surface area contributed by atoms with Gasteiger partial charge in [0, 0.05) is 19.2 Å². The van der Waals surface area contributed by atoms with Crippen molar-refractivity contribution in [3.05, 3.63) is 23.8 Å². The molecule has 104 valence electrons. The van der Waals surface area contributed by atoms with Gasteiger partial charge in [0.2, 0.25) is 15.9 Å². The number of hydrogen-bond acceptors (Lipinski definition) is 3. The van der Waals surface area contributed by atoms with Crippen LogP contribution in [0.5, 0.6) is 0 Å². The fraction of sp³-hybridized carbons (Fsp3) is 0.462. The van der Waals surface area contributed by atoms with Crippen LogP contribution in [-0.4, -0.2) is 20.9 Å². The maximum Gasteiger partial charge on any atom is 0.238 e. The Balaban J connectivity index is 2.65. The number of nitrogens with zero attached hydrogens (tertiary/aromatic N) is 1. The summed E-state index contributed by atoms with van der Waals surface area (Å²) < 4.78 is 22.9. The second kappa shape index (κ2) is 4.31. The maximum atomic E-state index is 11.6. The highest BCUT2D eigenvalue weighted by atomic mass is 32.2. The van der Waals surface area contributed by atoms with Crippen LogP contribution in [0.1, 0.15) is 32.8 Å². The Morgan fingerprint density at radius 2 is 2.00 bits per heavy atom. The quantitative estimate of drug-likeness (QED) is 0.844. The molecule has 1 aliphatic heterocycles. The van der Waals surface area contributed by atoms with E-state index in [9.17, 15) is 13.2 Å². The smallest absolute Gasteiger partial charge is 0.238 e. The number of rotatable bonds is 1. The van der Waals surface area contributed by atoms with Crippen LogP contribution < -0.4 is 10.0 Å². The van der Waals surface area contributed by atoms with E-state index in [1.54, 1.807) is 17.0 Å². The minimum atomic E-state index is -3.73. The van der Waals surface area contributed by atoms with Crippen LogP contribution >= 0.6 is 0 Å². The molecule has 5 nitrogen and oxygen atoms in total. The molecule has 1 heterocycles. The number of hydrogen-bond donors (Lipinski definition) is 1. The van der Waals surface area contributed by atoms with Gasteiger partial charge in [0.1, 0.15) is 0 Å². The average molecular weight is 282 g/mol. The van der Waals surface area contributed by atoms with Gasteiger partial charge in [-0.1, -0.05) is 13.8 Å². The molecule has 0 spiro atoms. The summed E-state index contributed by atoms with van der Waals surface area (Å²) >= 11 is 0. The standard InChI is InChI=1S/C13H18N2O3S/c1-9(16)15-7-6-13(2,3)11-8-10(19(14,17)18)4-5-12(11)15/h4-5,8H,6-7H2,1-3H3,(H2,14,17,18). The lowest BCUT2D eigenvalue weighted by Crippen LogP contribution is -2.40. The zero-order chi connectivity index (χ0) is 14.4. The summed E-state index contributed by atoms with van der Waals surface area (Å²) in [5.41, 5.74) is 1.44. The molecule has 0 radical (unpaired) electrons. The number of benzene rings is 1. The average Bonchev–Trinajstić information content (AvgIpc) is 2.26. The van der Waals surface area contributed by atoms with Gasteiger partial charge in [0.25, 0.3) is 0 Å². The van der Waals surface area contributed by atoms with Gasteiger partial charge in [-0.2, -0.15) is 0 Å². The van der Waals surface area contributed by atoms with Gasteiger partial charge in [-0.05, 0) is 35.6 Å². The van der Waals surface area contributed by atoms with E-state index in [-0.39, 0.29) is 16.2 Å². The zero-order valence-electron chi connectivity index (χ0n) is 11.3. The van der Waals surface area contributed by atoms with E-state index in [2.05, 4.69) is 0 Å². The summed E-state index contributed by atoms with van der Waals surface area (Å²) in [6, 6.07) is 4.70. The first-order valence-corrected chi connectivity index (χ1v) is 7.63. The summed E-state index contributed by atoms with van der Waals surface area (Å²) in [5.74, 6) is -0.0416. The van der Waals surface area contributed by atoms with E-state index < -0.39 is 10.0 Å². The molecular weight excluding hydrogens is 264 g/mol. The van der Waals surface area contributed by atoms with E-state index in [1.165, 1.54) is 13.0 Å². The molecule has 0 fully saturated rings. The lowest BCUT2D eigenvalue weighted by molar-refractivity contribution is -0.116. The monoisotopic (exact) mass is 282 g/mol. The van der Waals surface area contributed by atoms with Gasteiger partial charge in [-0.15, -0.1) is 0 Å². The predicted molar refractivity (Wildman–Crippen MR) is 73.5 cm³/mol. The van der Waals surface area contributed by atoms with Crippen molar-refractivity contribution in [3.8, 4) is 0 Å². The number of primary sulfonamides is 1. The number of anilines is 1. The Labute approximate surface area is 113 Å². The molecule has 2 rings (SSSR count). The number of amides is 1. The van der Waals surface area contributed by atoms with Crippen molar-refractivity contribution in [2.75, 3.05) is 11.4 Å². The lowest BCUT2D eigenvalue weighted by Gasteiger charge is -2.38. The van der Waals surface area contributed by atoms with Crippen molar-refractivity contribution in [3.63, 3.8) is 0 Å². The molecule has 6 heteroatoms. The van der Waals surface area contributed by atoms with E-state index in [1.807, 2.05) is 13.8 Å². The normalized spacial score (nSPS) is 18.0. The molecule has 0 saturated heterocycles. The minimum Gasteiger partial charge on any atom is -0.312 e. The van der Waals surface area contributed by atoms with E-state index in [0.717, 1.165) is 17.7 Å². The highest BCUT2D eigenvalue weighted by Gasteiger charge is 2.33. The van der Waals surface area contributed by atoms with Crippen molar-refractivity contribution in [1.82, 2.24) is 0 Å². The minimum absolute atomic E-state index is 0.0416. The predicted octanol–water partition coefficient (Wildman–Crippen LogP) is 1.37. The van der Waals surface area contributed by atoms with Crippen LogP contribution in [0.2, 0.25) is 0 Å². The Morgan fingerprint density at radius 3 is 2.53 bits per heavy atom. The first kappa shape index (κ1) is 14.0. The topological polar surface area (TPSA) is 80.5 Å². The van der Waals surface area contributed by atoms with Crippen molar-refractivity contribution >= 4 is 21.6 Å². The fourth-order valence-corrected chi connectivity index (χ4v) is 2.98. The molecule has 19 heavy (non-hydrogen) atoms. The Hall–Kier alpha value is -1.40. The molecule has 1 aromatic rings. The van der Waals surface area contributed by atoms with E-state index in [4.69, 9.17) is 5.14 Å². The molecule has 2 N–H and O–H groups in total.